The van der Waals surface area contributed by atoms with E-state index in [1.165, 1.54) is 14.0 Å². The first-order valence-corrected chi connectivity index (χ1v) is 5.58. The highest BCUT2D eigenvalue weighted by Gasteiger charge is 1.90. The summed E-state index contributed by atoms with van der Waals surface area (Å²) in [7, 11) is 1.28. The molecule has 20 nitrogen and oxygen atoms in total. The average Bonchev–Trinajstić information content (AvgIpc) is 2.59. The predicted molar refractivity (Wildman–Crippen MR) is 71.8 cm³/mol. The lowest BCUT2D eigenvalue weighted by Crippen LogP contribution is -2.17. The molecule has 1 amide bonds. The summed E-state index contributed by atoms with van der Waals surface area (Å²) in [6.45, 7) is 0.999. The van der Waals surface area contributed by atoms with Crippen LogP contribution in [-0.4, -0.2) is 46.5 Å². The Morgan fingerprint density at radius 2 is 1.28 bits per heavy atom. The van der Waals surface area contributed by atoms with Gasteiger partial charge in [-0.25, -0.2) is 10.1 Å². The molecule has 0 rings (SSSR count). The fourth-order valence-electron chi connectivity index (χ4n) is 0.343. The molecule has 0 bridgehead atoms. The molecule has 136 valence electrons. The van der Waals surface area contributed by atoms with Gasteiger partial charge in [-0.3, -0.25) is 20.6 Å². The van der Waals surface area contributed by atoms with Gasteiger partial charge in [0.1, 0.15) is 6.34 Å². The highest BCUT2D eigenvalue weighted by molar-refractivity contribution is 5.71. The summed E-state index contributed by atoms with van der Waals surface area (Å²) < 4.78 is 0. The van der Waals surface area contributed by atoms with E-state index in [1.807, 2.05) is 0 Å². The van der Waals surface area contributed by atoms with Gasteiger partial charge in [0, 0.05) is 14.0 Å². The molecule has 20 heteroatoms. The second-order valence-corrected chi connectivity index (χ2v) is 2.98. The van der Waals surface area contributed by atoms with E-state index in [1.54, 1.807) is 0 Å². The van der Waals surface area contributed by atoms with E-state index in [0.717, 1.165) is 0 Å². The minimum atomic E-state index is -0.352. The van der Waals surface area contributed by atoms with Crippen LogP contribution in [0.3, 0.4) is 0 Å². The minimum absolute atomic E-state index is 0.279. The molecule has 0 atom stereocenters. The van der Waals surface area contributed by atoms with E-state index in [9.17, 15) is 4.79 Å². The number of hydroxylamine groups is 4. The number of amides is 1. The molecule has 0 heterocycles. The fraction of sp³-hybridized carbons (Fsp3) is 0.600. The number of nitrogens with one attached hydrogen (secondary N) is 2. The van der Waals surface area contributed by atoms with Gasteiger partial charge in [-0.2, -0.15) is 5.53 Å². The molecule has 0 aliphatic carbocycles. The van der Waals surface area contributed by atoms with Crippen LogP contribution in [0.15, 0.2) is 67.8 Å². The zero-order valence-corrected chi connectivity index (χ0v) is 12.8. The normalized spacial score (nSPS) is 11.7. The lowest BCUT2D eigenvalue weighted by molar-refractivity contribution is -0.156. The van der Waals surface area contributed by atoms with E-state index in [0.29, 0.717) is 16.5 Å². The van der Waals surface area contributed by atoms with Crippen LogP contribution in [0, 0.1) is 10.9 Å². The van der Waals surface area contributed by atoms with E-state index in [-0.39, 0.29) is 12.6 Å². The molecule has 0 aromatic carbocycles. The molecule has 0 spiro atoms. The molecule has 0 aliphatic heterocycles. The molecule has 0 aliphatic rings. The van der Waals surface area contributed by atoms with Gasteiger partial charge in [0.2, 0.25) is 5.91 Å². The van der Waals surface area contributed by atoms with Crippen LogP contribution in [0.4, 0.5) is 0 Å². The standard InChI is InChI=1S/C3H7NO2.C2H6N16O/c1-3(5)4(2)6;3-1-18(19)2-5-7-9-11-13-15-17-16-14-12-10-8-6-4/h6H,1-2H3;1,3-4,19H,2H2/b;3-1?,6-4?,7-5?,10-8+,11-9+,14-12+,15-13+,17-16+. The highest BCUT2D eigenvalue weighted by atomic mass is 16.5. The Morgan fingerprint density at radius 1 is 0.920 bits per heavy atom. The average molecular weight is 359 g/mol. The van der Waals surface area contributed by atoms with Crippen LogP contribution < -0.4 is 0 Å². The molecule has 0 aromatic heterocycles. The van der Waals surface area contributed by atoms with Crippen molar-refractivity contribution in [1.82, 2.24) is 10.1 Å². The van der Waals surface area contributed by atoms with Gasteiger partial charge in [0.05, 0.1) is 0 Å². The third kappa shape index (κ3) is 22.5. The van der Waals surface area contributed by atoms with Crippen molar-refractivity contribution in [2.75, 3.05) is 13.7 Å². The zero-order valence-electron chi connectivity index (χ0n) is 12.8. The van der Waals surface area contributed by atoms with E-state index >= 15 is 0 Å². The lowest BCUT2D eigenvalue weighted by Gasteiger charge is -2.01. The maximum absolute atomic E-state index is 9.82. The van der Waals surface area contributed by atoms with Gasteiger partial charge < -0.3 is 0 Å². The largest absolute Gasteiger partial charge is 0.289 e. The molecule has 0 unspecified atom stereocenters. The fourth-order valence-corrected chi connectivity index (χ4v) is 0.343. The predicted octanol–water partition coefficient (Wildman–Crippen LogP) is 2.33. The molecule has 0 radical (unpaired) electrons. The summed E-state index contributed by atoms with van der Waals surface area (Å²) in [5, 5.41) is 62.6. The van der Waals surface area contributed by atoms with Gasteiger partial charge in [-0.15, -0.1) is 5.11 Å². The maximum atomic E-state index is 9.82. The van der Waals surface area contributed by atoms with E-state index < -0.39 is 0 Å². The first-order chi connectivity index (χ1) is 12.0. The number of carbonyl (C=O) groups excluding carboxylic acids is 1. The van der Waals surface area contributed by atoms with Crippen LogP contribution >= 0.6 is 0 Å². The molecule has 0 saturated carbocycles. The number of nitrogens with zero attached hydrogens (tertiary/aromatic N) is 15. The van der Waals surface area contributed by atoms with Crippen molar-refractivity contribution >= 4 is 12.2 Å². The van der Waals surface area contributed by atoms with Gasteiger partial charge in [-0.05, 0) is 62.7 Å². The molecular formula is C5H13N17O3. The van der Waals surface area contributed by atoms with Crippen LogP contribution in [-0.2, 0) is 4.79 Å². The van der Waals surface area contributed by atoms with E-state index in [4.69, 9.17) is 21.4 Å². The van der Waals surface area contributed by atoms with E-state index in [2.05, 4.69) is 67.8 Å². The zero-order chi connectivity index (χ0) is 19.3. The molecule has 0 fully saturated rings. The topological polar surface area (TPSA) is 272 Å². The molecule has 0 aromatic rings. The number of hydrogen-bond acceptors (Lipinski definition) is 6. The van der Waals surface area contributed by atoms with Crippen molar-refractivity contribution in [3.05, 3.63) is 0 Å². The monoisotopic (exact) mass is 359 g/mol. The number of hydrogen-bond donors (Lipinski definition) is 4. The Labute approximate surface area is 138 Å². The smallest absolute Gasteiger partial charge is 0.242 e. The quantitative estimate of drug-likeness (QED) is 0.158. The summed E-state index contributed by atoms with van der Waals surface area (Å²) in [6, 6.07) is 0. The second-order valence-electron chi connectivity index (χ2n) is 2.98. The van der Waals surface area contributed by atoms with Gasteiger partial charge in [-0.1, -0.05) is 0 Å². The van der Waals surface area contributed by atoms with Crippen molar-refractivity contribution < 1.29 is 15.2 Å². The van der Waals surface area contributed by atoms with Gasteiger partial charge >= 0.3 is 0 Å². The van der Waals surface area contributed by atoms with Crippen molar-refractivity contribution in [2.24, 2.45) is 67.8 Å². The number of carbonyl (C=O) groups is 1. The van der Waals surface area contributed by atoms with Crippen molar-refractivity contribution in [3.63, 3.8) is 0 Å². The molecule has 4 N–H and O–H groups in total. The first-order valence-electron chi connectivity index (χ1n) is 5.58. The van der Waals surface area contributed by atoms with Crippen LogP contribution in [0.2, 0.25) is 0 Å². The summed E-state index contributed by atoms with van der Waals surface area (Å²) in [4.78, 5) is 9.82. The Balaban J connectivity index is 0. The SMILES string of the molecule is CC(=O)N(C)O.N=CN(O)CN=N/N=N/N=N/N=N/N=N/N=N/N=N. The third-order valence-corrected chi connectivity index (χ3v) is 1.32. The highest BCUT2D eigenvalue weighted by Crippen LogP contribution is 1.88. The molecule has 0 saturated heterocycles. The Kier molecular flexibility index (Phi) is 16.9. The third-order valence-electron chi connectivity index (χ3n) is 1.32. The Hall–Kier alpha value is -3.94. The Bertz CT molecular complexity index is 546. The summed E-state index contributed by atoms with van der Waals surface area (Å²) >= 11 is 0. The van der Waals surface area contributed by atoms with Crippen molar-refractivity contribution in [1.29, 1.82) is 10.9 Å². The Morgan fingerprint density at radius 3 is 1.60 bits per heavy atom. The van der Waals surface area contributed by atoms with Crippen molar-refractivity contribution in [2.45, 2.75) is 6.92 Å². The minimum Gasteiger partial charge on any atom is -0.289 e. The summed E-state index contributed by atoms with van der Waals surface area (Å²) in [6.07, 6.45) is 0.627. The number of rotatable bonds is 9. The molecular weight excluding hydrogens is 346 g/mol. The van der Waals surface area contributed by atoms with Crippen LogP contribution in [0.5, 0.6) is 0 Å². The molecule has 25 heavy (non-hydrogen) atoms. The maximum Gasteiger partial charge on any atom is 0.242 e. The summed E-state index contributed by atoms with van der Waals surface area (Å²) in [5.41, 5.74) is 6.19. The summed E-state index contributed by atoms with van der Waals surface area (Å²) in [5.74, 6) is -0.352. The van der Waals surface area contributed by atoms with Crippen LogP contribution in [0.25, 0.3) is 0 Å². The second kappa shape index (κ2) is 18.1. The first kappa shape index (κ1) is 23.3. The van der Waals surface area contributed by atoms with Crippen molar-refractivity contribution in [3.8, 4) is 0 Å². The van der Waals surface area contributed by atoms with Gasteiger partial charge in [0.25, 0.3) is 0 Å². The van der Waals surface area contributed by atoms with Crippen LogP contribution in [0.1, 0.15) is 6.92 Å². The van der Waals surface area contributed by atoms with Gasteiger partial charge in [0.15, 0.2) is 6.67 Å². The lowest BCUT2D eigenvalue weighted by atomic mass is 10.7.